The maximum absolute atomic E-state index is 12.0. The number of aromatic amines is 1. The van der Waals surface area contributed by atoms with Crippen LogP contribution in [0.2, 0.25) is 0 Å². The van der Waals surface area contributed by atoms with E-state index in [1.165, 1.54) is 12.5 Å². The van der Waals surface area contributed by atoms with Crippen molar-refractivity contribution >= 4 is 34.5 Å². The van der Waals surface area contributed by atoms with Crippen molar-refractivity contribution < 1.29 is 9.52 Å². The summed E-state index contributed by atoms with van der Waals surface area (Å²) in [5.41, 5.74) is -0.896. The Labute approximate surface area is 149 Å². The molecule has 0 bridgehead atoms. The molecule has 3 rings (SSSR count). The summed E-state index contributed by atoms with van der Waals surface area (Å²) in [4.78, 5) is 30.2. The number of aromatic nitrogens is 2. The van der Waals surface area contributed by atoms with Crippen molar-refractivity contribution in [3.8, 4) is 5.88 Å². The molecule has 2 N–H and O–H groups in total. The van der Waals surface area contributed by atoms with Gasteiger partial charge in [-0.2, -0.15) is 0 Å². The zero-order chi connectivity index (χ0) is 17.1. The maximum atomic E-state index is 12.0. The van der Waals surface area contributed by atoms with Crippen LogP contribution in [0.4, 0.5) is 5.69 Å². The van der Waals surface area contributed by atoms with Crippen LogP contribution in [0.3, 0.4) is 0 Å². The topological polar surface area (TPSA) is 101 Å². The third kappa shape index (κ3) is 3.48. The summed E-state index contributed by atoms with van der Waals surface area (Å²) in [7, 11) is 0. The number of hydrogen-bond acceptors (Lipinski definition) is 5. The Balaban J connectivity index is 2.01. The molecule has 1 aromatic carbocycles. The molecule has 0 atom stereocenters. The monoisotopic (exact) mass is 437 g/mol. The molecule has 0 aliphatic rings. The van der Waals surface area contributed by atoms with E-state index in [1.807, 2.05) is 18.2 Å². The number of aliphatic imine (C=N–C) groups is 1. The van der Waals surface area contributed by atoms with Crippen molar-refractivity contribution in [3.05, 3.63) is 78.4 Å². The zero-order valence-corrected chi connectivity index (χ0v) is 14.4. The predicted octanol–water partition coefficient (Wildman–Crippen LogP) is 2.24. The van der Waals surface area contributed by atoms with E-state index in [1.54, 1.807) is 18.2 Å². The summed E-state index contributed by atoms with van der Waals surface area (Å²) in [5, 5.41) is 10.3. The van der Waals surface area contributed by atoms with Gasteiger partial charge in [-0.3, -0.25) is 19.3 Å². The average molecular weight is 437 g/mol. The third-order valence-electron chi connectivity index (χ3n) is 3.25. The minimum atomic E-state index is -0.722. The summed E-state index contributed by atoms with van der Waals surface area (Å²) in [6.07, 6.45) is 2.69. The van der Waals surface area contributed by atoms with Crippen LogP contribution in [0, 0.1) is 3.57 Å². The second kappa shape index (κ2) is 6.87. The van der Waals surface area contributed by atoms with E-state index in [-0.39, 0.29) is 12.1 Å². The van der Waals surface area contributed by atoms with Crippen molar-refractivity contribution in [1.29, 1.82) is 0 Å². The number of rotatable bonds is 4. The molecule has 0 amide bonds. The van der Waals surface area contributed by atoms with Crippen LogP contribution in [-0.4, -0.2) is 20.9 Å². The van der Waals surface area contributed by atoms with Crippen LogP contribution >= 0.6 is 22.6 Å². The largest absolute Gasteiger partial charge is 0.494 e. The van der Waals surface area contributed by atoms with Gasteiger partial charge in [0.15, 0.2) is 0 Å². The summed E-state index contributed by atoms with van der Waals surface area (Å²) in [5.74, 6) is 0.00878. The first-order chi connectivity index (χ1) is 11.5. The lowest BCUT2D eigenvalue weighted by Gasteiger charge is -2.07. The molecule has 0 unspecified atom stereocenters. The minimum Gasteiger partial charge on any atom is -0.494 e. The van der Waals surface area contributed by atoms with Gasteiger partial charge in [0.1, 0.15) is 11.3 Å². The van der Waals surface area contributed by atoms with Gasteiger partial charge in [-0.25, -0.2) is 4.79 Å². The fourth-order valence-corrected chi connectivity index (χ4v) is 2.62. The molecular formula is C16H12IN3O4. The first-order valence-electron chi connectivity index (χ1n) is 6.92. The van der Waals surface area contributed by atoms with E-state index in [0.29, 0.717) is 11.4 Å². The van der Waals surface area contributed by atoms with Crippen molar-refractivity contribution in [2.24, 2.45) is 4.99 Å². The van der Waals surface area contributed by atoms with Crippen LogP contribution in [-0.2, 0) is 6.54 Å². The van der Waals surface area contributed by atoms with Gasteiger partial charge >= 0.3 is 5.69 Å². The number of H-pyrrole nitrogens is 1. The minimum absolute atomic E-state index is 0.00147. The Morgan fingerprint density at radius 3 is 2.83 bits per heavy atom. The molecule has 3 aromatic rings. The third-order valence-corrected chi connectivity index (χ3v) is 3.92. The van der Waals surface area contributed by atoms with Crippen LogP contribution in [0.15, 0.2) is 61.7 Å². The Bertz CT molecular complexity index is 1000. The maximum Gasteiger partial charge on any atom is 0.331 e. The van der Waals surface area contributed by atoms with E-state index in [0.717, 1.165) is 8.14 Å². The Morgan fingerprint density at radius 1 is 1.29 bits per heavy atom. The molecule has 0 spiro atoms. The van der Waals surface area contributed by atoms with E-state index in [4.69, 9.17) is 4.42 Å². The first kappa shape index (κ1) is 16.2. The Morgan fingerprint density at radius 2 is 2.12 bits per heavy atom. The lowest BCUT2D eigenvalue weighted by molar-refractivity contribution is 0.392. The van der Waals surface area contributed by atoms with Gasteiger partial charge in [0.2, 0.25) is 5.88 Å². The summed E-state index contributed by atoms with van der Waals surface area (Å²) >= 11 is 2.15. The molecule has 8 heteroatoms. The standard InChI is InChI=1S/C16H12IN3O4/c17-10-3-1-4-11(7-10)18-8-13-14(21)19-16(23)20(15(13)22)9-12-5-2-6-24-12/h1-8,22H,9H2,(H,19,21,23). The van der Waals surface area contributed by atoms with Gasteiger partial charge in [0, 0.05) is 9.78 Å². The normalized spacial score (nSPS) is 11.2. The van der Waals surface area contributed by atoms with Crippen molar-refractivity contribution in [2.45, 2.75) is 6.54 Å². The van der Waals surface area contributed by atoms with E-state index in [2.05, 4.69) is 32.6 Å². The van der Waals surface area contributed by atoms with Gasteiger partial charge in [0.05, 0.1) is 18.5 Å². The number of furan rings is 1. The van der Waals surface area contributed by atoms with Crippen molar-refractivity contribution in [3.63, 3.8) is 0 Å². The van der Waals surface area contributed by atoms with Gasteiger partial charge < -0.3 is 9.52 Å². The SMILES string of the molecule is O=c1[nH]c(=O)n(Cc2ccco2)c(O)c1C=Nc1cccc(I)c1. The molecule has 0 radical (unpaired) electrons. The summed E-state index contributed by atoms with van der Waals surface area (Å²) in [6.45, 7) is -0.00147. The quantitative estimate of drug-likeness (QED) is 0.483. The molecule has 0 aliphatic heterocycles. The number of halogens is 1. The molecule has 24 heavy (non-hydrogen) atoms. The van der Waals surface area contributed by atoms with Crippen LogP contribution in [0.25, 0.3) is 0 Å². The number of nitrogens with one attached hydrogen (secondary N) is 1. The molecule has 2 aromatic heterocycles. The zero-order valence-electron chi connectivity index (χ0n) is 12.3. The van der Waals surface area contributed by atoms with Crippen LogP contribution < -0.4 is 11.2 Å². The van der Waals surface area contributed by atoms with E-state index < -0.39 is 17.1 Å². The van der Waals surface area contributed by atoms with Gasteiger partial charge in [-0.05, 0) is 52.9 Å². The number of hydrogen-bond donors (Lipinski definition) is 2. The van der Waals surface area contributed by atoms with Crippen molar-refractivity contribution in [1.82, 2.24) is 9.55 Å². The molecular weight excluding hydrogens is 425 g/mol. The first-order valence-corrected chi connectivity index (χ1v) is 8.00. The average Bonchev–Trinajstić information content (AvgIpc) is 3.04. The van der Waals surface area contributed by atoms with Gasteiger partial charge in [-0.1, -0.05) is 6.07 Å². The molecule has 0 saturated heterocycles. The van der Waals surface area contributed by atoms with Crippen LogP contribution in [0.1, 0.15) is 11.3 Å². The predicted molar refractivity (Wildman–Crippen MR) is 97.2 cm³/mol. The summed E-state index contributed by atoms with van der Waals surface area (Å²) < 4.78 is 7.16. The number of benzene rings is 1. The molecule has 0 aliphatic carbocycles. The Kier molecular flexibility index (Phi) is 4.65. The molecule has 7 nitrogen and oxygen atoms in total. The van der Waals surface area contributed by atoms with Crippen molar-refractivity contribution in [2.75, 3.05) is 0 Å². The second-order valence-electron chi connectivity index (χ2n) is 4.90. The van der Waals surface area contributed by atoms with Gasteiger partial charge in [0.25, 0.3) is 5.56 Å². The smallest absolute Gasteiger partial charge is 0.331 e. The molecule has 122 valence electrons. The highest BCUT2D eigenvalue weighted by atomic mass is 127. The molecule has 0 saturated carbocycles. The Hall–Kier alpha value is -2.62. The van der Waals surface area contributed by atoms with E-state index in [9.17, 15) is 14.7 Å². The highest BCUT2D eigenvalue weighted by Crippen LogP contribution is 2.17. The van der Waals surface area contributed by atoms with Crippen LogP contribution in [0.5, 0.6) is 5.88 Å². The lowest BCUT2D eigenvalue weighted by Crippen LogP contribution is -2.32. The second-order valence-corrected chi connectivity index (χ2v) is 6.15. The van der Waals surface area contributed by atoms with E-state index >= 15 is 0 Å². The lowest BCUT2D eigenvalue weighted by atomic mass is 10.3. The fourth-order valence-electron chi connectivity index (χ4n) is 2.09. The van der Waals surface area contributed by atoms with Gasteiger partial charge in [-0.15, -0.1) is 0 Å². The highest BCUT2D eigenvalue weighted by Gasteiger charge is 2.13. The fraction of sp³-hybridized carbons (Fsp3) is 0.0625. The molecule has 2 heterocycles. The number of aromatic hydroxyl groups is 1. The summed E-state index contributed by atoms with van der Waals surface area (Å²) in [6, 6.07) is 10.7. The molecule has 0 fully saturated rings. The number of nitrogens with zero attached hydrogens (tertiary/aromatic N) is 2. The highest BCUT2D eigenvalue weighted by molar-refractivity contribution is 14.1.